The summed E-state index contributed by atoms with van der Waals surface area (Å²) in [5.74, 6) is 0.891. The van der Waals surface area contributed by atoms with E-state index in [0.29, 0.717) is 31.1 Å². The third kappa shape index (κ3) is 5.74. The van der Waals surface area contributed by atoms with Gasteiger partial charge in [0.15, 0.2) is 0 Å². The van der Waals surface area contributed by atoms with Gasteiger partial charge in [0.05, 0.1) is 6.61 Å². The summed E-state index contributed by atoms with van der Waals surface area (Å²) in [6, 6.07) is 13.7. The number of hydrogen-bond acceptors (Lipinski definition) is 2. The van der Waals surface area contributed by atoms with Crippen LogP contribution in [-0.4, -0.2) is 12.5 Å². The number of benzene rings is 2. The van der Waals surface area contributed by atoms with E-state index in [-0.39, 0.29) is 11.7 Å². The summed E-state index contributed by atoms with van der Waals surface area (Å²) in [7, 11) is 0. The second-order valence-electron chi connectivity index (χ2n) is 5.73. The Hall–Kier alpha value is -2.36. The van der Waals surface area contributed by atoms with Crippen LogP contribution in [0.3, 0.4) is 0 Å². The fraction of sp³-hybridized carbons (Fsp3) is 0.316. The molecule has 0 aliphatic carbocycles. The predicted molar refractivity (Wildman–Crippen MR) is 90.3 cm³/mol. The van der Waals surface area contributed by atoms with Crippen LogP contribution in [0.25, 0.3) is 0 Å². The molecule has 0 aliphatic rings. The van der Waals surface area contributed by atoms with Gasteiger partial charge in [-0.05, 0) is 54.3 Å². The lowest BCUT2D eigenvalue weighted by atomic mass is 10.0. The minimum atomic E-state index is -0.320. The molecule has 23 heavy (non-hydrogen) atoms. The molecule has 0 unspecified atom stereocenters. The lowest BCUT2D eigenvalue weighted by Crippen LogP contribution is -2.12. The number of nitrogens with one attached hydrogen (secondary N) is 1. The Balaban J connectivity index is 1.68. The maximum Gasteiger partial charge on any atom is 0.224 e. The summed E-state index contributed by atoms with van der Waals surface area (Å²) in [5, 5.41) is 2.73. The van der Waals surface area contributed by atoms with Crippen LogP contribution in [0.5, 0.6) is 5.75 Å². The molecule has 4 heteroatoms. The lowest BCUT2D eigenvalue weighted by molar-refractivity contribution is -0.116. The Morgan fingerprint density at radius 3 is 2.35 bits per heavy atom. The fourth-order valence-electron chi connectivity index (χ4n) is 2.13. The molecule has 122 valence electrons. The third-order valence-electron chi connectivity index (χ3n) is 3.49. The molecule has 0 fully saturated rings. The van der Waals surface area contributed by atoms with Crippen LogP contribution in [0.1, 0.15) is 38.2 Å². The quantitative estimate of drug-likeness (QED) is 0.749. The van der Waals surface area contributed by atoms with E-state index in [1.807, 2.05) is 12.1 Å². The topological polar surface area (TPSA) is 38.3 Å². The summed E-state index contributed by atoms with van der Waals surface area (Å²) in [6.07, 6.45) is 0.987. The monoisotopic (exact) mass is 315 g/mol. The van der Waals surface area contributed by atoms with Crippen molar-refractivity contribution in [2.24, 2.45) is 0 Å². The van der Waals surface area contributed by atoms with Crippen LogP contribution < -0.4 is 10.1 Å². The van der Waals surface area contributed by atoms with E-state index >= 15 is 0 Å². The zero-order chi connectivity index (χ0) is 16.7. The van der Waals surface area contributed by atoms with Gasteiger partial charge in [-0.1, -0.05) is 26.0 Å². The minimum absolute atomic E-state index is 0.102. The second kappa shape index (κ2) is 8.32. The van der Waals surface area contributed by atoms with Crippen LogP contribution in [0.15, 0.2) is 48.5 Å². The SMILES string of the molecule is CC(C)c1ccc(OCCCC(=O)Nc2ccc(F)cc2)cc1. The number of rotatable bonds is 7. The normalized spacial score (nSPS) is 10.6. The molecule has 2 rings (SSSR count). The highest BCUT2D eigenvalue weighted by atomic mass is 19.1. The molecular weight excluding hydrogens is 293 g/mol. The van der Waals surface area contributed by atoms with E-state index < -0.39 is 0 Å². The van der Waals surface area contributed by atoms with E-state index in [4.69, 9.17) is 4.74 Å². The maximum atomic E-state index is 12.8. The molecule has 0 bridgehead atoms. The summed E-state index contributed by atoms with van der Waals surface area (Å²) < 4.78 is 18.4. The van der Waals surface area contributed by atoms with Gasteiger partial charge in [0.25, 0.3) is 0 Å². The molecule has 1 amide bonds. The number of hydrogen-bond donors (Lipinski definition) is 1. The van der Waals surface area contributed by atoms with Crippen molar-refractivity contribution < 1.29 is 13.9 Å². The Labute approximate surface area is 136 Å². The largest absolute Gasteiger partial charge is 0.494 e. The molecule has 0 radical (unpaired) electrons. The Kier molecular flexibility index (Phi) is 6.15. The van der Waals surface area contributed by atoms with Crippen molar-refractivity contribution in [2.75, 3.05) is 11.9 Å². The highest BCUT2D eigenvalue weighted by Gasteiger charge is 2.03. The molecular formula is C19H22FNO2. The van der Waals surface area contributed by atoms with Crippen LogP contribution in [0, 0.1) is 5.82 Å². The number of carbonyl (C=O) groups is 1. The zero-order valence-electron chi connectivity index (χ0n) is 13.5. The Morgan fingerprint density at radius 1 is 1.09 bits per heavy atom. The smallest absolute Gasteiger partial charge is 0.224 e. The fourth-order valence-corrected chi connectivity index (χ4v) is 2.13. The van der Waals surface area contributed by atoms with Crippen molar-refractivity contribution in [2.45, 2.75) is 32.6 Å². The second-order valence-corrected chi connectivity index (χ2v) is 5.73. The number of amides is 1. The first kappa shape index (κ1) is 17.0. The molecule has 0 spiro atoms. The van der Waals surface area contributed by atoms with E-state index in [9.17, 15) is 9.18 Å². The van der Waals surface area contributed by atoms with Crippen LogP contribution in [0.2, 0.25) is 0 Å². The summed E-state index contributed by atoms with van der Waals surface area (Å²) in [5.41, 5.74) is 1.87. The summed E-state index contributed by atoms with van der Waals surface area (Å²) in [6.45, 7) is 4.78. The van der Waals surface area contributed by atoms with Crippen molar-refractivity contribution in [1.82, 2.24) is 0 Å². The molecule has 0 saturated heterocycles. The van der Waals surface area contributed by atoms with E-state index in [2.05, 4.69) is 31.3 Å². The highest BCUT2D eigenvalue weighted by Crippen LogP contribution is 2.18. The van der Waals surface area contributed by atoms with E-state index in [1.165, 1.54) is 17.7 Å². The summed E-state index contributed by atoms with van der Waals surface area (Å²) >= 11 is 0. The highest BCUT2D eigenvalue weighted by molar-refractivity contribution is 5.90. The molecule has 1 N–H and O–H groups in total. The van der Waals surface area contributed by atoms with E-state index in [0.717, 1.165) is 5.75 Å². The first-order valence-electron chi connectivity index (χ1n) is 7.83. The Morgan fingerprint density at radius 2 is 1.74 bits per heavy atom. The molecule has 2 aromatic rings. The first-order chi connectivity index (χ1) is 11.0. The van der Waals surface area contributed by atoms with Gasteiger partial charge in [0.2, 0.25) is 5.91 Å². The van der Waals surface area contributed by atoms with Gasteiger partial charge in [-0.2, -0.15) is 0 Å². The lowest BCUT2D eigenvalue weighted by Gasteiger charge is -2.09. The average molecular weight is 315 g/mol. The maximum absolute atomic E-state index is 12.8. The molecule has 2 aromatic carbocycles. The van der Waals surface area contributed by atoms with Gasteiger partial charge in [-0.15, -0.1) is 0 Å². The molecule has 0 aliphatic heterocycles. The number of halogens is 1. The van der Waals surface area contributed by atoms with E-state index in [1.54, 1.807) is 12.1 Å². The molecule has 0 aromatic heterocycles. The van der Waals surface area contributed by atoms with Gasteiger partial charge in [-0.3, -0.25) is 4.79 Å². The Bertz CT molecular complexity index is 621. The average Bonchev–Trinajstić information content (AvgIpc) is 2.54. The predicted octanol–water partition coefficient (Wildman–Crippen LogP) is 4.75. The molecule has 0 heterocycles. The molecule has 0 atom stereocenters. The zero-order valence-corrected chi connectivity index (χ0v) is 13.5. The number of ether oxygens (including phenoxy) is 1. The van der Waals surface area contributed by atoms with Crippen LogP contribution in [-0.2, 0) is 4.79 Å². The van der Waals surface area contributed by atoms with Crippen LogP contribution in [0.4, 0.5) is 10.1 Å². The van der Waals surface area contributed by atoms with Gasteiger partial charge >= 0.3 is 0 Å². The van der Waals surface area contributed by atoms with Gasteiger partial charge in [0.1, 0.15) is 11.6 Å². The molecule has 0 saturated carbocycles. The van der Waals surface area contributed by atoms with Gasteiger partial charge < -0.3 is 10.1 Å². The van der Waals surface area contributed by atoms with Crippen molar-refractivity contribution in [3.63, 3.8) is 0 Å². The number of carbonyl (C=O) groups excluding carboxylic acids is 1. The van der Waals surface area contributed by atoms with Crippen molar-refractivity contribution in [3.8, 4) is 5.75 Å². The number of anilines is 1. The van der Waals surface area contributed by atoms with Crippen LogP contribution >= 0.6 is 0 Å². The first-order valence-corrected chi connectivity index (χ1v) is 7.83. The minimum Gasteiger partial charge on any atom is -0.494 e. The van der Waals surface area contributed by atoms with Gasteiger partial charge in [0, 0.05) is 12.1 Å². The van der Waals surface area contributed by atoms with Gasteiger partial charge in [-0.25, -0.2) is 4.39 Å². The molecule has 3 nitrogen and oxygen atoms in total. The standard InChI is InChI=1S/C19H22FNO2/c1-14(2)15-5-11-18(12-6-15)23-13-3-4-19(22)21-17-9-7-16(20)8-10-17/h5-12,14H,3-4,13H2,1-2H3,(H,21,22). The van der Waals surface area contributed by atoms with Crippen molar-refractivity contribution >= 4 is 11.6 Å². The summed E-state index contributed by atoms with van der Waals surface area (Å²) in [4.78, 5) is 11.8. The third-order valence-corrected chi connectivity index (χ3v) is 3.49. The van der Waals surface area contributed by atoms with Crippen molar-refractivity contribution in [3.05, 3.63) is 59.9 Å². The van der Waals surface area contributed by atoms with Crippen molar-refractivity contribution in [1.29, 1.82) is 0 Å².